The molecule has 1 heteroatoms. The highest BCUT2D eigenvalue weighted by atomic mass is 14.6. The van der Waals surface area contributed by atoms with Gasteiger partial charge in [0.15, 0.2) is 0 Å². The molecule has 0 aromatic rings. The number of hydrogen-bond acceptors (Lipinski definition) is 1. The summed E-state index contributed by atoms with van der Waals surface area (Å²) in [4.78, 5) is 3.93. The van der Waals surface area contributed by atoms with Crippen molar-refractivity contribution in [1.82, 2.24) is 0 Å². The molecular weight excluding hydrogens is 122 g/mol. The average molecular weight is 137 g/mol. The van der Waals surface area contributed by atoms with Crippen molar-refractivity contribution in [3.63, 3.8) is 0 Å². The third-order valence-electron chi connectivity index (χ3n) is 1.26. The number of aliphatic imine (C=N–C) groups is 1. The molecule has 0 aromatic carbocycles. The van der Waals surface area contributed by atoms with Gasteiger partial charge >= 0.3 is 0 Å². The van der Waals surface area contributed by atoms with Crippen LogP contribution in [0.25, 0.3) is 0 Å². The summed E-state index contributed by atoms with van der Waals surface area (Å²) in [6.45, 7) is 6.16. The quantitative estimate of drug-likeness (QED) is 0.419. The Balaban J connectivity index is 3.70. The maximum Gasteiger partial charge on any atom is 0.0263 e. The topological polar surface area (TPSA) is 12.4 Å². The predicted octanol–water partition coefficient (Wildman–Crippen LogP) is 2.95. The molecule has 1 nitrogen and oxygen atoms in total. The molecule has 0 saturated carbocycles. The van der Waals surface area contributed by atoms with Crippen LogP contribution in [0.3, 0.4) is 0 Å². The first-order valence-corrected chi connectivity index (χ1v) is 3.61. The summed E-state index contributed by atoms with van der Waals surface area (Å²) in [5.41, 5.74) is 1.38. The zero-order valence-corrected chi connectivity index (χ0v) is 6.96. The molecule has 0 aliphatic rings. The lowest BCUT2D eigenvalue weighted by molar-refractivity contribution is 1.10. The van der Waals surface area contributed by atoms with Crippen molar-refractivity contribution in [2.45, 2.75) is 27.2 Å². The number of allylic oxidation sites excluding steroid dienone is 3. The summed E-state index contributed by atoms with van der Waals surface area (Å²) in [7, 11) is 0. The van der Waals surface area contributed by atoms with Gasteiger partial charge < -0.3 is 0 Å². The molecule has 0 aromatic heterocycles. The van der Waals surface area contributed by atoms with E-state index >= 15 is 0 Å². The zero-order valence-electron chi connectivity index (χ0n) is 6.96. The Labute approximate surface area is 63.2 Å². The van der Waals surface area contributed by atoms with Gasteiger partial charge in [0, 0.05) is 12.4 Å². The lowest BCUT2D eigenvalue weighted by Gasteiger charge is -1.87. The number of hydrogen-bond donors (Lipinski definition) is 0. The maximum atomic E-state index is 3.93. The van der Waals surface area contributed by atoms with Crippen LogP contribution in [-0.2, 0) is 0 Å². The first kappa shape index (κ1) is 9.15. The second-order valence-electron chi connectivity index (χ2n) is 2.12. The Bertz CT molecular complexity index is 152. The fraction of sp³-hybridized carbons (Fsp3) is 0.444. The fourth-order valence-electron chi connectivity index (χ4n) is 0.461. The molecular formula is C9H15N. The molecule has 0 rings (SSSR count). The maximum absolute atomic E-state index is 3.93. The van der Waals surface area contributed by atoms with Crippen molar-refractivity contribution in [2.75, 3.05) is 0 Å². The SMILES string of the molecule is C\C=N/C=C\C=C(/C)CC. The highest BCUT2D eigenvalue weighted by Gasteiger charge is 1.76. The first-order chi connectivity index (χ1) is 4.81. The molecule has 0 radical (unpaired) electrons. The molecule has 56 valence electrons. The van der Waals surface area contributed by atoms with Gasteiger partial charge in [-0.1, -0.05) is 18.6 Å². The lowest BCUT2D eigenvalue weighted by atomic mass is 10.2. The molecule has 10 heavy (non-hydrogen) atoms. The second-order valence-corrected chi connectivity index (χ2v) is 2.12. The van der Waals surface area contributed by atoms with Gasteiger partial charge in [0.2, 0.25) is 0 Å². The summed E-state index contributed by atoms with van der Waals surface area (Å²) in [6.07, 6.45) is 8.71. The van der Waals surface area contributed by atoms with Crippen molar-refractivity contribution in [3.05, 3.63) is 23.9 Å². The lowest BCUT2D eigenvalue weighted by Crippen LogP contribution is -1.66. The van der Waals surface area contributed by atoms with Crippen LogP contribution >= 0.6 is 0 Å². The van der Waals surface area contributed by atoms with E-state index in [1.807, 2.05) is 13.0 Å². The molecule has 0 N–H and O–H groups in total. The molecule has 0 heterocycles. The number of nitrogens with zero attached hydrogens (tertiary/aromatic N) is 1. The molecule has 0 amide bonds. The normalized spacial score (nSPS) is 13.7. The van der Waals surface area contributed by atoms with Crippen molar-refractivity contribution in [3.8, 4) is 0 Å². The summed E-state index contributed by atoms with van der Waals surface area (Å²) in [5, 5.41) is 0. The van der Waals surface area contributed by atoms with Gasteiger partial charge in [-0.15, -0.1) is 0 Å². The van der Waals surface area contributed by atoms with Crippen LogP contribution in [0.1, 0.15) is 27.2 Å². The van der Waals surface area contributed by atoms with Crippen molar-refractivity contribution >= 4 is 6.21 Å². The Morgan fingerprint density at radius 1 is 1.50 bits per heavy atom. The Kier molecular flexibility index (Phi) is 5.74. The molecule has 0 aliphatic carbocycles. The van der Waals surface area contributed by atoms with E-state index in [0.717, 1.165) is 6.42 Å². The van der Waals surface area contributed by atoms with Crippen molar-refractivity contribution in [2.24, 2.45) is 4.99 Å². The Morgan fingerprint density at radius 2 is 2.20 bits per heavy atom. The minimum absolute atomic E-state index is 1.11. The second kappa shape index (κ2) is 6.27. The van der Waals surface area contributed by atoms with Gasteiger partial charge in [-0.25, -0.2) is 0 Å². The number of rotatable bonds is 3. The Hall–Kier alpha value is -0.850. The average Bonchev–Trinajstić information content (AvgIpc) is 1.98. The van der Waals surface area contributed by atoms with Crippen LogP contribution in [-0.4, -0.2) is 6.21 Å². The standard InChI is InChI=1S/C9H15N/c1-4-9(3)7-6-8-10-5-2/h5-8H,4H2,1-3H3/b8-6-,9-7+,10-5-. The van der Waals surface area contributed by atoms with Gasteiger partial charge in [-0.3, -0.25) is 4.99 Å². The molecule has 0 aliphatic heterocycles. The third kappa shape index (κ3) is 5.29. The first-order valence-electron chi connectivity index (χ1n) is 3.61. The van der Waals surface area contributed by atoms with Crippen LogP contribution in [0.4, 0.5) is 0 Å². The van der Waals surface area contributed by atoms with Crippen LogP contribution < -0.4 is 0 Å². The van der Waals surface area contributed by atoms with E-state index in [2.05, 4.69) is 24.9 Å². The monoisotopic (exact) mass is 137 g/mol. The van der Waals surface area contributed by atoms with Crippen LogP contribution in [0, 0.1) is 0 Å². The van der Waals surface area contributed by atoms with Crippen molar-refractivity contribution < 1.29 is 0 Å². The summed E-state index contributed by atoms with van der Waals surface area (Å²) in [5.74, 6) is 0. The summed E-state index contributed by atoms with van der Waals surface area (Å²) < 4.78 is 0. The van der Waals surface area contributed by atoms with Gasteiger partial charge in [0.25, 0.3) is 0 Å². The highest BCUT2D eigenvalue weighted by Crippen LogP contribution is 1.97. The summed E-state index contributed by atoms with van der Waals surface area (Å²) in [6, 6.07) is 0. The summed E-state index contributed by atoms with van der Waals surface area (Å²) >= 11 is 0. The molecule has 0 saturated heterocycles. The van der Waals surface area contributed by atoms with E-state index in [4.69, 9.17) is 0 Å². The molecule has 0 unspecified atom stereocenters. The van der Waals surface area contributed by atoms with Crippen LogP contribution in [0.15, 0.2) is 28.9 Å². The van der Waals surface area contributed by atoms with E-state index in [1.165, 1.54) is 5.57 Å². The van der Waals surface area contributed by atoms with E-state index in [1.54, 1.807) is 12.4 Å². The van der Waals surface area contributed by atoms with Gasteiger partial charge in [0.1, 0.15) is 0 Å². The minimum atomic E-state index is 1.11. The molecule has 0 fully saturated rings. The van der Waals surface area contributed by atoms with E-state index in [-0.39, 0.29) is 0 Å². The zero-order chi connectivity index (χ0) is 7.82. The van der Waals surface area contributed by atoms with Gasteiger partial charge in [-0.05, 0) is 26.3 Å². The van der Waals surface area contributed by atoms with Gasteiger partial charge in [0.05, 0.1) is 0 Å². The fourth-order valence-corrected chi connectivity index (χ4v) is 0.461. The highest BCUT2D eigenvalue weighted by molar-refractivity contribution is 5.54. The van der Waals surface area contributed by atoms with E-state index in [0.29, 0.717) is 0 Å². The van der Waals surface area contributed by atoms with Crippen LogP contribution in [0.5, 0.6) is 0 Å². The van der Waals surface area contributed by atoms with Gasteiger partial charge in [-0.2, -0.15) is 0 Å². The van der Waals surface area contributed by atoms with E-state index < -0.39 is 0 Å². The minimum Gasteiger partial charge on any atom is -0.269 e. The van der Waals surface area contributed by atoms with Crippen molar-refractivity contribution in [1.29, 1.82) is 0 Å². The predicted molar refractivity (Wildman–Crippen MR) is 47.4 cm³/mol. The van der Waals surface area contributed by atoms with E-state index in [9.17, 15) is 0 Å². The largest absolute Gasteiger partial charge is 0.269 e. The smallest absolute Gasteiger partial charge is 0.0263 e. The third-order valence-corrected chi connectivity index (χ3v) is 1.26. The van der Waals surface area contributed by atoms with Crippen LogP contribution in [0.2, 0.25) is 0 Å². The molecule has 0 bridgehead atoms. The Morgan fingerprint density at radius 3 is 2.70 bits per heavy atom. The molecule has 0 atom stereocenters. The molecule has 0 spiro atoms.